The highest BCUT2D eigenvalue weighted by Gasteiger charge is 2.27. The third kappa shape index (κ3) is 3.22. The number of aryl methyl sites for hydroxylation is 2. The molecule has 0 aromatic heterocycles. The van der Waals surface area contributed by atoms with Gasteiger partial charge in [-0.25, -0.2) is 8.42 Å². The summed E-state index contributed by atoms with van der Waals surface area (Å²) in [5, 5.41) is 0. The second kappa shape index (κ2) is 4.97. The van der Waals surface area contributed by atoms with Crippen molar-refractivity contribution in [3.8, 4) is 0 Å². The summed E-state index contributed by atoms with van der Waals surface area (Å²) in [6.45, 7) is 5.21. The van der Waals surface area contributed by atoms with Crippen LogP contribution in [0.4, 0.5) is 5.69 Å². The highest BCUT2D eigenvalue weighted by molar-refractivity contribution is 7.92. The van der Waals surface area contributed by atoms with Gasteiger partial charge in [0, 0.05) is 0 Å². The van der Waals surface area contributed by atoms with Crippen LogP contribution in [0.3, 0.4) is 0 Å². The topological polar surface area (TPSA) is 80.5 Å². The van der Waals surface area contributed by atoms with Crippen LogP contribution in [0.5, 0.6) is 0 Å². The van der Waals surface area contributed by atoms with Gasteiger partial charge >= 0.3 is 0 Å². The lowest BCUT2D eigenvalue weighted by molar-refractivity contribution is -0.118. The Morgan fingerprint density at radius 1 is 1.22 bits per heavy atom. The Morgan fingerprint density at radius 3 is 2.00 bits per heavy atom. The first-order valence-corrected chi connectivity index (χ1v) is 7.35. The van der Waals surface area contributed by atoms with E-state index < -0.39 is 22.0 Å². The number of nitrogens with zero attached hydrogens (tertiary/aromatic N) is 1. The molecule has 1 aromatic rings. The SMILES string of the molecule is Cc1cc(C)cc(N(C(C)C(N)=O)S(C)(=O)=O)c1. The maximum Gasteiger partial charge on any atom is 0.241 e. The largest absolute Gasteiger partial charge is 0.368 e. The van der Waals surface area contributed by atoms with Crippen molar-refractivity contribution in [1.82, 2.24) is 0 Å². The molecule has 1 rings (SSSR count). The Morgan fingerprint density at radius 2 is 1.67 bits per heavy atom. The minimum Gasteiger partial charge on any atom is -0.368 e. The monoisotopic (exact) mass is 270 g/mol. The van der Waals surface area contributed by atoms with Crippen molar-refractivity contribution >= 4 is 21.6 Å². The summed E-state index contributed by atoms with van der Waals surface area (Å²) in [5.74, 6) is -0.681. The number of sulfonamides is 1. The molecule has 1 unspecified atom stereocenters. The summed E-state index contributed by atoms with van der Waals surface area (Å²) < 4.78 is 24.7. The third-order valence-corrected chi connectivity index (χ3v) is 3.82. The van der Waals surface area contributed by atoms with Crippen LogP contribution in [0.25, 0.3) is 0 Å². The quantitative estimate of drug-likeness (QED) is 0.884. The van der Waals surface area contributed by atoms with Crippen molar-refractivity contribution in [3.63, 3.8) is 0 Å². The summed E-state index contributed by atoms with van der Waals surface area (Å²) in [7, 11) is -3.56. The smallest absolute Gasteiger partial charge is 0.241 e. The Kier molecular flexibility index (Phi) is 4.01. The maximum absolute atomic E-state index is 11.8. The molecule has 18 heavy (non-hydrogen) atoms. The molecule has 1 amide bonds. The van der Waals surface area contributed by atoms with E-state index in [2.05, 4.69) is 0 Å². The first kappa shape index (κ1) is 14.5. The molecule has 2 N–H and O–H groups in total. The van der Waals surface area contributed by atoms with Crippen molar-refractivity contribution in [2.75, 3.05) is 10.6 Å². The van der Waals surface area contributed by atoms with Gasteiger partial charge in [0.25, 0.3) is 0 Å². The highest BCUT2D eigenvalue weighted by atomic mass is 32.2. The van der Waals surface area contributed by atoms with Gasteiger partial charge in [0.2, 0.25) is 15.9 Å². The molecule has 0 saturated carbocycles. The van der Waals surface area contributed by atoms with Crippen LogP contribution in [-0.2, 0) is 14.8 Å². The van der Waals surface area contributed by atoms with Gasteiger partial charge in [-0.15, -0.1) is 0 Å². The van der Waals surface area contributed by atoms with E-state index in [1.54, 1.807) is 12.1 Å². The van der Waals surface area contributed by atoms with E-state index in [0.717, 1.165) is 21.7 Å². The van der Waals surface area contributed by atoms with Crippen LogP contribution in [-0.4, -0.2) is 26.6 Å². The number of nitrogens with two attached hydrogens (primary N) is 1. The van der Waals surface area contributed by atoms with Gasteiger partial charge in [-0.2, -0.15) is 0 Å². The molecule has 1 atom stereocenters. The number of anilines is 1. The Balaban J connectivity index is 3.40. The van der Waals surface area contributed by atoms with Crippen molar-refractivity contribution in [2.45, 2.75) is 26.8 Å². The predicted molar refractivity (Wildman–Crippen MR) is 71.9 cm³/mol. The first-order chi connectivity index (χ1) is 8.12. The summed E-state index contributed by atoms with van der Waals surface area (Å²) >= 11 is 0. The number of carbonyl (C=O) groups is 1. The number of carbonyl (C=O) groups excluding carboxylic acids is 1. The molecule has 0 spiro atoms. The number of amides is 1. The molecule has 0 bridgehead atoms. The minimum absolute atomic E-state index is 0.460. The first-order valence-electron chi connectivity index (χ1n) is 5.50. The maximum atomic E-state index is 11.8. The summed E-state index contributed by atoms with van der Waals surface area (Å²) in [5.41, 5.74) is 7.51. The molecule has 0 aliphatic heterocycles. The Hall–Kier alpha value is -1.56. The summed E-state index contributed by atoms with van der Waals surface area (Å²) in [6.07, 6.45) is 1.06. The van der Waals surface area contributed by atoms with E-state index in [4.69, 9.17) is 5.73 Å². The van der Waals surface area contributed by atoms with Crippen LogP contribution in [0.15, 0.2) is 18.2 Å². The zero-order valence-electron chi connectivity index (χ0n) is 11.0. The highest BCUT2D eigenvalue weighted by Crippen LogP contribution is 2.23. The lowest BCUT2D eigenvalue weighted by atomic mass is 10.1. The van der Waals surface area contributed by atoms with E-state index in [1.165, 1.54) is 6.92 Å². The molecule has 100 valence electrons. The number of hydrogen-bond donors (Lipinski definition) is 1. The van der Waals surface area contributed by atoms with Crippen LogP contribution < -0.4 is 10.0 Å². The van der Waals surface area contributed by atoms with Crippen molar-refractivity contribution in [1.29, 1.82) is 0 Å². The third-order valence-electron chi connectivity index (χ3n) is 2.58. The van der Waals surface area contributed by atoms with Crippen LogP contribution in [0, 0.1) is 13.8 Å². The fourth-order valence-electron chi connectivity index (χ4n) is 1.90. The van der Waals surface area contributed by atoms with Crippen LogP contribution in [0.1, 0.15) is 18.1 Å². The Bertz CT molecular complexity index is 546. The van der Waals surface area contributed by atoms with Gasteiger partial charge in [-0.1, -0.05) is 6.07 Å². The van der Waals surface area contributed by atoms with Crippen LogP contribution >= 0.6 is 0 Å². The average molecular weight is 270 g/mol. The molecule has 0 fully saturated rings. The zero-order chi connectivity index (χ0) is 14.1. The lowest BCUT2D eigenvalue weighted by Crippen LogP contribution is -2.45. The van der Waals surface area contributed by atoms with E-state index >= 15 is 0 Å². The fourth-order valence-corrected chi connectivity index (χ4v) is 3.06. The molecular formula is C12H18N2O3S. The number of rotatable bonds is 4. The second-order valence-electron chi connectivity index (χ2n) is 4.48. The van der Waals surface area contributed by atoms with Crippen molar-refractivity contribution in [3.05, 3.63) is 29.3 Å². The molecule has 0 aliphatic carbocycles. The van der Waals surface area contributed by atoms with Crippen molar-refractivity contribution < 1.29 is 13.2 Å². The molecule has 0 heterocycles. The van der Waals surface area contributed by atoms with Gasteiger partial charge in [0.1, 0.15) is 6.04 Å². The van der Waals surface area contributed by atoms with E-state index in [-0.39, 0.29) is 0 Å². The van der Waals surface area contributed by atoms with Gasteiger partial charge < -0.3 is 5.73 Å². The summed E-state index contributed by atoms with van der Waals surface area (Å²) in [6, 6.07) is 4.45. The van der Waals surface area contributed by atoms with E-state index in [1.807, 2.05) is 19.9 Å². The van der Waals surface area contributed by atoms with Gasteiger partial charge in [0.05, 0.1) is 11.9 Å². The average Bonchev–Trinajstić information content (AvgIpc) is 2.13. The molecule has 0 radical (unpaired) electrons. The van der Waals surface area contributed by atoms with Gasteiger partial charge in [-0.05, 0) is 44.0 Å². The summed E-state index contributed by atoms with van der Waals surface area (Å²) in [4.78, 5) is 11.2. The normalized spacial score (nSPS) is 13.1. The Labute approximate surface area is 108 Å². The molecule has 0 aliphatic rings. The molecule has 0 saturated heterocycles. The van der Waals surface area contributed by atoms with Crippen molar-refractivity contribution in [2.24, 2.45) is 5.73 Å². The fraction of sp³-hybridized carbons (Fsp3) is 0.417. The number of benzene rings is 1. The minimum atomic E-state index is -3.56. The molecule has 5 nitrogen and oxygen atoms in total. The van der Waals surface area contributed by atoms with Gasteiger partial charge in [0.15, 0.2) is 0 Å². The van der Waals surface area contributed by atoms with E-state index in [0.29, 0.717) is 5.69 Å². The van der Waals surface area contributed by atoms with Crippen LogP contribution in [0.2, 0.25) is 0 Å². The zero-order valence-corrected chi connectivity index (χ0v) is 11.8. The standard InChI is InChI=1S/C12H18N2O3S/c1-8-5-9(2)7-11(6-8)14(18(4,16)17)10(3)12(13)15/h5-7,10H,1-4H3,(H2,13,15). The number of hydrogen-bond acceptors (Lipinski definition) is 3. The molecule has 1 aromatic carbocycles. The predicted octanol–water partition coefficient (Wildman–Crippen LogP) is 0.943. The lowest BCUT2D eigenvalue weighted by Gasteiger charge is -2.27. The molecular weight excluding hydrogens is 252 g/mol. The molecule has 6 heteroatoms. The van der Waals surface area contributed by atoms with E-state index in [9.17, 15) is 13.2 Å². The van der Waals surface area contributed by atoms with Gasteiger partial charge in [-0.3, -0.25) is 9.10 Å². The number of primary amides is 1. The second-order valence-corrected chi connectivity index (χ2v) is 6.34.